The van der Waals surface area contributed by atoms with Crippen LogP contribution >= 0.6 is 22.9 Å². The van der Waals surface area contributed by atoms with Gasteiger partial charge in [0.15, 0.2) is 0 Å². The number of fused-ring (bicyclic) bond motifs is 2. The molecule has 2 aromatic rings. The highest BCUT2D eigenvalue weighted by Crippen LogP contribution is 2.56. The number of hydrogen-bond donors (Lipinski definition) is 3. The van der Waals surface area contributed by atoms with E-state index >= 15 is 0 Å². The van der Waals surface area contributed by atoms with E-state index in [0.29, 0.717) is 6.42 Å². The van der Waals surface area contributed by atoms with Crippen LogP contribution in [0.15, 0.2) is 18.2 Å². The van der Waals surface area contributed by atoms with E-state index in [1.807, 2.05) is 32.0 Å². The lowest BCUT2D eigenvalue weighted by Gasteiger charge is -2.32. The molecule has 8 nitrogen and oxygen atoms in total. The fourth-order valence-corrected chi connectivity index (χ4v) is 6.12. The van der Waals surface area contributed by atoms with Crippen molar-refractivity contribution in [3.05, 3.63) is 28.8 Å². The molecule has 0 saturated carbocycles. The van der Waals surface area contributed by atoms with Crippen molar-refractivity contribution in [2.24, 2.45) is 11.3 Å². The number of amides is 1. The Balaban J connectivity index is 1.64. The third kappa shape index (κ3) is 5.47. The first-order valence-corrected chi connectivity index (χ1v) is 13.6. The van der Waals surface area contributed by atoms with Crippen LogP contribution in [0.2, 0.25) is 0 Å². The Bertz CT molecular complexity index is 1150. The van der Waals surface area contributed by atoms with E-state index in [-0.39, 0.29) is 43.7 Å². The molecule has 6 unspecified atom stereocenters. The van der Waals surface area contributed by atoms with E-state index in [1.54, 1.807) is 32.1 Å². The van der Waals surface area contributed by atoms with E-state index in [0.717, 1.165) is 20.8 Å². The number of thiazole rings is 1. The largest absolute Gasteiger partial charge is 0.392 e. The maximum Gasteiger partial charge on any atom is 0.223 e. The van der Waals surface area contributed by atoms with Crippen LogP contribution in [0.5, 0.6) is 0 Å². The number of Topliss-reactive ketones (excluding diaryl/α,β-unsaturated/α-hetero) is 1. The molecule has 0 aliphatic carbocycles. The SMILES string of the molecule is Cc1nc2cc(C3CC4(O)OC4(Cl)CCOC(C)CC(C)C(=O)C(C)(C)C(O)CC(=O)N3)ccc2s1. The number of halogens is 1. The molecule has 2 fully saturated rings. The second-order valence-corrected chi connectivity index (χ2v) is 12.6. The lowest BCUT2D eigenvalue weighted by atomic mass is 9.75. The van der Waals surface area contributed by atoms with Gasteiger partial charge in [-0.3, -0.25) is 9.59 Å². The fraction of sp³-hybridized carbons (Fsp3) is 0.654. The Hall–Kier alpha value is -1.62. The van der Waals surface area contributed by atoms with Gasteiger partial charge in [0.1, 0.15) is 5.78 Å². The lowest BCUT2D eigenvalue weighted by molar-refractivity contribution is -0.140. The van der Waals surface area contributed by atoms with Crippen LogP contribution in [0.25, 0.3) is 10.2 Å². The van der Waals surface area contributed by atoms with Gasteiger partial charge < -0.3 is 25.0 Å². The zero-order valence-electron chi connectivity index (χ0n) is 21.3. The molecular weight excluding hydrogens is 504 g/mol. The molecule has 2 aliphatic heterocycles. The first-order chi connectivity index (χ1) is 16.7. The highest BCUT2D eigenvalue weighted by molar-refractivity contribution is 7.18. The van der Waals surface area contributed by atoms with Crippen molar-refractivity contribution >= 4 is 44.8 Å². The molecule has 4 rings (SSSR count). The van der Waals surface area contributed by atoms with Crippen molar-refractivity contribution in [3.8, 4) is 0 Å². The molecule has 3 heterocycles. The molecule has 0 bridgehead atoms. The fourth-order valence-electron chi connectivity index (χ4n) is 5.04. The molecule has 10 heteroatoms. The van der Waals surface area contributed by atoms with E-state index in [1.165, 1.54) is 0 Å². The summed E-state index contributed by atoms with van der Waals surface area (Å²) in [6, 6.07) is 5.02. The van der Waals surface area contributed by atoms with Crippen LogP contribution in [0.1, 0.15) is 70.0 Å². The monoisotopic (exact) mass is 538 g/mol. The average Bonchev–Trinajstić information content (AvgIpc) is 3.10. The first-order valence-electron chi connectivity index (χ1n) is 12.4. The number of aryl methyl sites for hydroxylation is 1. The van der Waals surface area contributed by atoms with Crippen molar-refractivity contribution in [3.63, 3.8) is 0 Å². The van der Waals surface area contributed by atoms with Gasteiger partial charge in [-0.15, -0.1) is 11.3 Å². The normalized spacial score (nSPS) is 36.3. The molecule has 1 aromatic carbocycles. The van der Waals surface area contributed by atoms with Gasteiger partial charge in [-0.05, 0) is 38.0 Å². The molecule has 0 spiro atoms. The molecule has 1 aromatic heterocycles. The van der Waals surface area contributed by atoms with Crippen LogP contribution < -0.4 is 5.32 Å². The third-order valence-electron chi connectivity index (χ3n) is 7.42. The molecule has 2 saturated heterocycles. The van der Waals surface area contributed by atoms with Crippen LogP contribution in [0, 0.1) is 18.3 Å². The Morgan fingerprint density at radius 3 is 2.69 bits per heavy atom. The summed E-state index contributed by atoms with van der Waals surface area (Å²) >= 11 is 8.16. The number of rotatable bonds is 1. The number of aromatic nitrogens is 1. The zero-order valence-corrected chi connectivity index (χ0v) is 22.9. The number of carbonyl (C=O) groups is 2. The molecule has 3 N–H and O–H groups in total. The number of nitrogens with zero attached hydrogens (tertiary/aromatic N) is 1. The molecular formula is C26H35ClN2O6S. The predicted molar refractivity (Wildman–Crippen MR) is 138 cm³/mol. The molecule has 6 atom stereocenters. The third-order valence-corrected chi connectivity index (χ3v) is 8.93. The van der Waals surface area contributed by atoms with E-state index < -0.39 is 34.3 Å². The van der Waals surface area contributed by atoms with E-state index in [2.05, 4.69) is 10.3 Å². The van der Waals surface area contributed by atoms with Crippen LogP contribution in [-0.2, 0) is 19.1 Å². The summed E-state index contributed by atoms with van der Waals surface area (Å²) in [5.74, 6) is -2.60. The summed E-state index contributed by atoms with van der Waals surface area (Å²) in [7, 11) is 0. The average molecular weight is 539 g/mol. The van der Waals surface area contributed by atoms with Crippen molar-refractivity contribution in [2.75, 3.05) is 6.61 Å². The van der Waals surface area contributed by atoms with Crippen LogP contribution in [0.3, 0.4) is 0 Å². The number of ether oxygens (including phenoxy) is 2. The lowest BCUT2D eigenvalue weighted by Crippen LogP contribution is -2.44. The van der Waals surface area contributed by atoms with Gasteiger partial charge in [0.25, 0.3) is 0 Å². The number of hydrogen-bond acceptors (Lipinski definition) is 8. The molecule has 0 radical (unpaired) electrons. The highest BCUT2D eigenvalue weighted by Gasteiger charge is 2.69. The number of aliphatic hydroxyl groups is 2. The minimum atomic E-state index is -1.66. The first kappa shape index (κ1) is 27.4. The van der Waals surface area contributed by atoms with Crippen molar-refractivity contribution in [2.45, 2.75) is 89.4 Å². The molecule has 2 aliphatic rings. The van der Waals surface area contributed by atoms with Gasteiger partial charge in [-0.1, -0.05) is 38.4 Å². The zero-order chi connectivity index (χ0) is 26.5. The quantitative estimate of drug-likeness (QED) is 0.371. The molecule has 1 amide bonds. The number of carbonyl (C=O) groups excluding carboxylic acids is 2. The number of ketones is 1. The smallest absolute Gasteiger partial charge is 0.223 e. The van der Waals surface area contributed by atoms with Gasteiger partial charge in [0, 0.05) is 18.8 Å². The Morgan fingerprint density at radius 2 is 1.97 bits per heavy atom. The molecule has 198 valence electrons. The standard InChI is InChI=1S/C26H35ClN2O6S/c1-14-10-15(2)34-9-8-25(27)26(33,35-25)13-19(17-6-7-20-18(11-17)28-16(3)36-20)29-22(31)12-21(30)24(4,5)23(14)32/h6-7,11,14-15,19,21,30,33H,8-10,12-13H2,1-5H3,(H,29,31). The number of alkyl halides is 1. The van der Waals surface area contributed by atoms with Gasteiger partial charge in [0.2, 0.25) is 16.8 Å². The molecule has 36 heavy (non-hydrogen) atoms. The summed E-state index contributed by atoms with van der Waals surface area (Å²) in [5.41, 5.74) is 0.400. The number of nitrogens with one attached hydrogen (secondary N) is 1. The number of aliphatic hydroxyl groups excluding tert-OH is 1. The Morgan fingerprint density at radius 1 is 1.25 bits per heavy atom. The van der Waals surface area contributed by atoms with Gasteiger partial charge >= 0.3 is 0 Å². The minimum absolute atomic E-state index is 0.00186. The Labute approximate surface area is 220 Å². The second kappa shape index (κ2) is 9.93. The van der Waals surface area contributed by atoms with Crippen molar-refractivity contribution < 1.29 is 29.3 Å². The van der Waals surface area contributed by atoms with E-state index in [4.69, 9.17) is 21.1 Å². The Kier molecular flexibility index (Phi) is 7.56. The van der Waals surface area contributed by atoms with Gasteiger partial charge in [0.05, 0.1) is 51.9 Å². The summed E-state index contributed by atoms with van der Waals surface area (Å²) in [5, 5.41) is 24.6. The second-order valence-electron chi connectivity index (χ2n) is 10.8. The maximum atomic E-state index is 13.2. The van der Waals surface area contributed by atoms with E-state index in [9.17, 15) is 19.8 Å². The van der Waals surface area contributed by atoms with Crippen molar-refractivity contribution in [1.82, 2.24) is 10.3 Å². The minimum Gasteiger partial charge on any atom is -0.392 e. The summed E-state index contributed by atoms with van der Waals surface area (Å²) < 4.78 is 12.5. The number of epoxide rings is 1. The van der Waals surface area contributed by atoms with Gasteiger partial charge in [-0.25, -0.2) is 4.98 Å². The summed E-state index contributed by atoms with van der Waals surface area (Å²) in [6.07, 6.45) is -0.983. The summed E-state index contributed by atoms with van der Waals surface area (Å²) in [6.45, 7) is 9.17. The maximum absolute atomic E-state index is 13.2. The highest BCUT2D eigenvalue weighted by atomic mass is 35.5. The predicted octanol–water partition coefficient (Wildman–Crippen LogP) is 3.99. The summed E-state index contributed by atoms with van der Waals surface area (Å²) in [4.78, 5) is 30.8. The van der Waals surface area contributed by atoms with Crippen molar-refractivity contribution in [1.29, 1.82) is 0 Å². The van der Waals surface area contributed by atoms with Crippen LogP contribution in [0.4, 0.5) is 0 Å². The topological polar surface area (TPSA) is 121 Å². The number of benzene rings is 1. The van der Waals surface area contributed by atoms with Crippen LogP contribution in [-0.4, -0.2) is 56.5 Å². The van der Waals surface area contributed by atoms with Gasteiger partial charge in [-0.2, -0.15) is 0 Å².